The average Bonchev–Trinajstić information content (AvgIpc) is 3.05. The van der Waals surface area contributed by atoms with Gasteiger partial charge in [0.05, 0.1) is 6.54 Å². The molecule has 4 N–H and O–H groups in total. The van der Waals surface area contributed by atoms with E-state index in [1.165, 1.54) is 16.5 Å². The number of nitrogens with one attached hydrogen (secondary N) is 1. The maximum absolute atomic E-state index is 10.6. The fourth-order valence-corrected chi connectivity index (χ4v) is 2.62. The van der Waals surface area contributed by atoms with Crippen LogP contribution in [-0.4, -0.2) is 50.9 Å². The van der Waals surface area contributed by atoms with Gasteiger partial charge >= 0.3 is 12.1 Å². The summed E-state index contributed by atoms with van der Waals surface area (Å²) in [6.45, 7) is 2.65. The molecule has 31 heavy (non-hydrogen) atoms. The Morgan fingerprint density at radius 3 is 2.48 bits per heavy atom. The van der Waals surface area contributed by atoms with E-state index in [0.717, 1.165) is 0 Å². The van der Waals surface area contributed by atoms with Gasteiger partial charge in [-0.15, -0.1) is 0 Å². The van der Waals surface area contributed by atoms with Crippen LogP contribution in [-0.2, 0) is 18.4 Å². The van der Waals surface area contributed by atoms with Crippen LogP contribution in [0.2, 0.25) is 0 Å². The Balaban J connectivity index is 0.000000423. The molecule has 168 valence electrons. The van der Waals surface area contributed by atoms with Crippen molar-refractivity contribution in [1.82, 2.24) is 24.8 Å². The van der Waals surface area contributed by atoms with Crippen molar-refractivity contribution < 1.29 is 23.1 Å². The van der Waals surface area contributed by atoms with Crippen LogP contribution in [0.25, 0.3) is 10.9 Å². The predicted molar refractivity (Wildman–Crippen MR) is 110 cm³/mol. The van der Waals surface area contributed by atoms with Crippen LogP contribution in [0.15, 0.2) is 30.5 Å². The molecule has 1 aromatic carbocycles. The number of hydrogen-bond acceptors (Lipinski definition) is 7. The summed E-state index contributed by atoms with van der Waals surface area (Å²) in [5.41, 5.74) is 8.21. The number of aromatic nitrogens is 4. The SMILES string of the molecule is CC(NCc1nc(N)nc(N(C)C)n1)c1ccc2ccn(C)c2c1.O=C(O)C(F)(F)F. The number of fused-ring (bicyclic) bond motifs is 1. The first-order chi connectivity index (χ1) is 14.4. The van der Waals surface area contributed by atoms with E-state index in [9.17, 15) is 13.2 Å². The van der Waals surface area contributed by atoms with E-state index in [1.807, 2.05) is 19.0 Å². The first kappa shape index (κ1) is 23.9. The highest BCUT2D eigenvalue weighted by atomic mass is 19.4. The number of anilines is 2. The number of aryl methyl sites for hydroxylation is 1. The van der Waals surface area contributed by atoms with Gasteiger partial charge in [0.15, 0.2) is 0 Å². The van der Waals surface area contributed by atoms with Crippen molar-refractivity contribution in [2.45, 2.75) is 25.7 Å². The molecule has 3 aromatic rings. The zero-order chi connectivity index (χ0) is 23.3. The highest BCUT2D eigenvalue weighted by Crippen LogP contribution is 2.21. The fourth-order valence-electron chi connectivity index (χ4n) is 2.62. The highest BCUT2D eigenvalue weighted by Gasteiger charge is 2.38. The fraction of sp³-hybridized carbons (Fsp3) is 0.368. The molecule has 0 radical (unpaired) electrons. The van der Waals surface area contributed by atoms with E-state index in [2.05, 4.69) is 69.3 Å². The van der Waals surface area contributed by atoms with Gasteiger partial charge in [-0.1, -0.05) is 12.1 Å². The van der Waals surface area contributed by atoms with Crippen molar-refractivity contribution >= 4 is 28.8 Å². The first-order valence-corrected chi connectivity index (χ1v) is 9.14. The van der Waals surface area contributed by atoms with E-state index in [4.69, 9.17) is 15.6 Å². The average molecular weight is 439 g/mol. The molecule has 0 spiro atoms. The summed E-state index contributed by atoms with van der Waals surface area (Å²) in [7, 11) is 5.81. The second-order valence-electron chi connectivity index (χ2n) is 6.95. The maximum Gasteiger partial charge on any atom is 0.490 e. The van der Waals surface area contributed by atoms with Crippen molar-refractivity contribution in [3.8, 4) is 0 Å². The molecule has 0 fully saturated rings. The molecule has 1 unspecified atom stereocenters. The number of nitrogens with zero attached hydrogens (tertiary/aromatic N) is 5. The van der Waals surface area contributed by atoms with Gasteiger partial charge in [-0.05, 0) is 30.0 Å². The van der Waals surface area contributed by atoms with E-state index in [0.29, 0.717) is 18.3 Å². The molecule has 0 amide bonds. The van der Waals surface area contributed by atoms with Crippen molar-refractivity contribution in [3.05, 3.63) is 41.9 Å². The van der Waals surface area contributed by atoms with Gasteiger partial charge in [-0.25, -0.2) is 4.79 Å². The number of rotatable bonds is 5. The van der Waals surface area contributed by atoms with Gasteiger partial charge in [0.1, 0.15) is 5.82 Å². The number of alkyl halides is 3. The van der Waals surface area contributed by atoms with Gasteiger partial charge < -0.3 is 25.6 Å². The minimum Gasteiger partial charge on any atom is -0.475 e. The Morgan fingerprint density at radius 2 is 1.90 bits per heavy atom. The van der Waals surface area contributed by atoms with Gasteiger partial charge in [-0.3, -0.25) is 0 Å². The van der Waals surface area contributed by atoms with Crippen molar-refractivity contribution in [2.75, 3.05) is 24.7 Å². The number of hydrogen-bond donors (Lipinski definition) is 3. The summed E-state index contributed by atoms with van der Waals surface area (Å²) >= 11 is 0. The number of carboxylic acid groups (broad SMARTS) is 1. The van der Waals surface area contributed by atoms with Gasteiger partial charge in [0.2, 0.25) is 11.9 Å². The van der Waals surface area contributed by atoms with Crippen molar-refractivity contribution in [1.29, 1.82) is 0 Å². The molecular formula is C19H24F3N7O2. The number of carbonyl (C=O) groups is 1. The third-order valence-electron chi connectivity index (χ3n) is 4.31. The van der Waals surface area contributed by atoms with Crippen LogP contribution in [0.1, 0.15) is 24.4 Å². The zero-order valence-electron chi connectivity index (χ0n) is 17.5. The highest BCUT2D eigenvalue weighted by molar-refractivity contribution is 5.80. The van der Waals surface area contributed by atoms with E-state index >= 15 is 0 Å². The molecule has 2 heterocycles. The number of carboxylic acids is 1. The number of nitrogens with two attached hydrogens (primary N) is 1. The Hall–Kier alpha value is -3.41. The van der Waals surface area contributed by atoms with Gasteiger partial charge in [-0.2, -0.15) is 28.1 Å². The Labute approximate surface area is 176 Å². The summed E-state index contributed by atoms with van der Waals surface area (Å²) < 4.78 is 33.9. The second-order valence-corrected chi connectivity index (χ2v) is 6.95. The first-order valence-electron chi connectivity index (χ1n) is 9.14. The molecule has 0 saturated carbocycles. The van der Waals surface area contributed by atoms with Crippen LogP contribution in [0.5, 0.6) is 0 Å². The second kappa shape index (κ2) is 9.60. The number of halogens is 3. The Kier molecular flexibility index (Phi) is 7.39. The lowest BCUT2D eigenvalue weighted by Crippen LogP contribution is -2.22. The third-order valence-corrected chi connectivity index (χ3v) is 4.31. The molecule has 0 aliphatic carbocycles. The molecule has 9 nitrogen and oxygen atoms in total. The lowest BCUT2D eigenvalue weighted by atomic mass is 10.1. The molecule has 2 aromatic heterocycles. The smallest absolute Gasteiger partial charge is 0.475 e. The Morgan fingerprint density at radius 1 is 1.26 bits per heavy atom. The van der Waals surface area contributed by atoms with Crippen molar-refractivity contribution in [3.63, 3.8) is 0 Å². The topological polar surface area (TPSA) is 122 Å². The monoisotopic (exact) mass is 439 g/mol. The van der Waals surface area contributed by atoms with Crippen LogP contribution in [0, 0.1) is 0 Å². The quantitative estimate of drug-likeness (QED) is 0.554. The van der Waals surface area contributed by atoms with E-state index in [1.54, 1.807) is 0 Å². The standard InChI is InChI=1S/C17H23N7.C2HF3O2/c1-11(13-6-5-12-7-8-24(4)14(12)9-13)19-10-15-20-16(18)22-17(21-15)23(2)3;3-2(4,5)1(6)7/h5-9,11,19H,10H2,1-4H3,(H2,18,20,21,22);(H,6,7). The van der Waals surface area contributed by atoms with Crippen LogP contribution < -0.4 is 16.0 Å². The number of aliphatic carboxylic acids is 1. The molecule has 1 atom stereocenters. The lowest BCUT2D eigenvalue weighted by molar-refractivity contribution is -0.192. The summed E-state index contributed by atoms with van der Waals surface area (Å²) in [5.74, 6) is -1.31. The molecular weight excluding hydrogens is 415 g/mol. The Bertz CT molecular complexity index is 1050. The van der Waals surface area contributed by atoms with Gasteiger partial charge in [0, 0.05) is 38.9 Å². The van der Waals surface area contributed by atoms with Crippen LogP contribution >= 0.6 is 0 Å². The zero-order valence-corrected chi connectivity index (χ0v) is 17.5. The van der Waals surface area contributed by atoms with E-state index < -0.39 is 12.1 Å². The summed E-state index contributed by atoms with van der Waals surface area (Å²) in [5, 5.41) is 11.8. The predicted octanol–water partition coefficient (Wildman–Crippen LogP) is 2.50. The lowest BCUT2D eigenvalue weighted by Gasteiger charge is -2.16. The van der Waals surface area contributed by atoms with Crippen LogP contribution in [0.4, 0.5) is 25.1 Å². The molecule has 12 heteroatoms. The minimum atomic E-state index is -5.08. The molecule has 0 aliphatic heterocycles. The van der Waals surface area contributed by atoms with Gasteiger partial charge in [0.25, 0.3) is 0 Å². The van der Waals surface area contributed by atoms with E-state index in [-0.39, 0.29) is 12.0 Å². The normalized spacial score (nSPS) is 12.2. The summed E-state index contributed by atoms with van der Waals surface area (Å²) in [6.07, 6.45) is -3.01. The molecule has 0 bridgehead atoms. The summed E-state index contributed by atoms with van der Waals surface area (Å²) in [6, 6.07) is 8.79. The summed E-state index contributed by atoms with van der Waals surface area (Å²) in [4.78, 5) is 23.4. The molecule has 3 rings (SSSR count). The van der Waals surface area contributed by atoms with Crippen molar-refractivity contribution in [2.24, 2.45) is 7.05 Å². The van der Waals surface area contributed by atoms with Crippen LogP contribution in [0.3, 0.4) is 0 Å². The minimum absolute atomic E-state index is 0.171. The number of nitrogen functional groups attached to an aromatic ring is 1. The largest absolute Gasteiger partial charge is 0.490 e. The third kappa shape index (κ3) is 6.54. The maximum atomic E-state index is 10.6. The number of benzene rings is 1. The molecule has 0 saturated heterocycles. The molecule has 0 aliphatic rings.